The zero-order valence-electron chi connectivity index (χ0n) is 26.9. The van der Waals surface area contributed by atoms with E-state index in [1.54, 1.807) is 18.1 Å². The standard InChI is InChI=1S/C36H51IN2O6/c1-3-4-5-6-7-8-9-10-11-19-34(41)39(22-20-27-15-14-16-29(24-27)44-2)31-25-28(36(43)38-21-23-40)26-33(35(31)42)45-32-18-13-12-17-30(32)37/h12-18,24,26,31,33,35,40,42H,3-11,19-23,25H2,1-2H3,(H,38,43). The lowest BCUT2D eigenvalue weighted by molar-refractivity contribution is -0.138. The van der Waals surface area contributed by atoms with E-state index >= 15 is 0 Å². The van der Waals surface area contributed by atoms with Crippen LogP contribution >= 0.6 is 22.6 Å². The number of benzene rings is 2. The summed E-state index contributed by atoms with van der Waals surface area (Å²) in [6.07, 6.45) is 11.3. The van der Waals surface area contributed by atoms with Crippen LogP contribution in [0.15, 0.2) is 60.2 Å². The van der Waals surface area contributed by atoms with Gasteiger partial charge in [-0.25, -0.2) is 0 Å². The Bertz CT molecular complexity index is 1220. The van der Waals surface area contributed by atoms with Crippen molar-refractivity contribution >= 4 is 34.4 Å². The lowest BCUT2D eigenvalue weighted by Crippen LogP contribution is -2.55. The molecule has 3 rings (SSSR count). The summed E-state index contributed by atoms with van der Waals surface area (Å²) in [6.45, 7) is 2.54. The molecule has 0 saturated carbocycles. The molecule has 0 aliphatic heterocycles. The monoisotopic (exact) mass is 734 g/mol. The molecule has 0 spiro atoms. The third-order valence-electron chi connectivity index (χ3n) is 8.30. The molecule has 0 radical (unpaired) electrons. The Balaban J connectivity index is 1.79. The first-order valence-electron chi connectivity index (χ1n) is 16.5. The minimum Gasteiger partial charge on any atom is -0.497 e. The molecule has 0 fully saturated rings. The molecular formula is C36H51IN2O6. The minimum absolute atomic E-state index is 0.0325. The van der Waals surface area contributed by atoms with Gasteiger partial charge in [-0.3, -0.25) is 9.59 Å². The quantitative estimate of drug-likeness (QED) is 0.110. The van der Waals surface area contributed by atoms with Crippen LogP contribution in [-0.4, -0.2) is 72.0 Å². The predicted octanol–water partition coefficient (Wildman–Crippen LogP) is 6.21. The van der Waals surface area contributed by atoms with Gasteiger partial charge in [-0.15, -0.1) is 0 Å². The highest BCUT2D eigenvalue weighted by Gasteiger charge is 2.40. The fraction of sp³-hybridized carbons (Fsp3) is 0.556. The van der Waals surface area contributed by atoms with Crippen LogP contribution in [0, 0.1) is 3.57 Å². The summed E-state index contributed by atoms with van der Waals surface area (Å²) < 4.78 is 12.6. The van der Waals surface area contributed by atoms with Gasteiger partial charge in [0.05, 0.1) is 23.3 Å². The van der Waals surface area contributed by atoms with E-state index in [4.69, 9.17) is 9.47 Å². The molecule has 2 aromatic carbocycles. The molecule has 2 aromatic rings. The van der Waals surface area contributed by atoms with Crippen LogP contribution in [0.25, 0.3) is 0 Å². The van der Waals surface area contributed by atoms with Gasteiger partial charge in [0, 0.05) is 31.5 Å². The number of unbranched alkanes of at least 4 members (excludes halogenated alkanes) is 8. The van der Waals surface area contributed by atoms with Crippen LogP contribution in [0.4, 0.5) is 0 Å². The number of halogens is 1. The first-order valence-corrected chi connectivity index (χ1v) is 17.6. The van der Waals surface area contributed by atoms with Crippen molar-refractivity contribution in [2.75, 3.05) is 26.8 Å². The van der Waals surface area contributed by atoms with Crippen molar-refractivity contribution in [1.82, 2.24) is 10.2 Å². The molecule has 0 bridgehead atoms. The number of carbonyl (C=O) groups excluding carboxylic acids is 2. The second-order valence-corrected chi connectivity index (χ2v) is 12.9. The second-order valence-electron chi connectivity index (χ2n) is 11.7. The van der Waals surface area contributed by atoms with E-state index in [1.165, 1.54) is 38.5 Å². The third-order valence-corrected chi connectivity index (χ3v) is 9.20. The molecular weight excluding hydrogens is 683 g/mol. The lowest BCUT2D eigenvalue weighted by Gasteiger charge is -2.40. The lowest BCUT2D eigenvalue weighted by atomic mass is 9.87. The van der Waals surface area contributed by atoms with Gasteiger partial charge in [-0.2, -0.15) is 0 Å². The molecule has 1 aliphatic rings. The van der Waals surface area contributed by atoms with Crippen LogP contribution < -0.4 is 14.8 Å². The highest BCUT2D eigenvalue weighted by Crippen LogP contribution is 2.30. The fourth-order valence-corrected chi connectivity index (χ4v) is 6.26. The highest BCUT2D eigenvalue weighted by atomic mass is 127. The van der Waals surface area contributed by atoms with Gasteiger partial charge in [-0.1, -0.05) is 82.6 Å². The van der Waals surface area contributed by atoms with Crippen LogP contribution in [0.5, 0.6) is 11.5 Å². The number of rotatable bonds is 20. The van der Waals surface area contributed by atoms with E-state index in [-0.39, 0.29) is 31.4 Å². The van der Waals surface area contributed by atoms with Crippen molar-refractivity contribution in [2.24, 2.45) is 0 Å². The summed E-state index contributed by atoms with van der Waals surface area (Å²) in [5, 5.41) is 23.7. The van der Waals surface area contributed by atoms with Gasteiger partial charge >= 0.3 is 0 Å². The highest BCUT2D eigenvalue weighted by molar-refractivity contribution is 14.1. The normalized spacial score (nSPS) is 17.8. The topological polar surface area (TPSA) is 108 Å². The fourth-order valence-electron chi connectivity index (χ4n) is 5.75. The minimum atomic E-state index is -1.05. The number of ether oxygens (including phenoxy) is 2. The molecule has 248 valence electrons. The average Bonchev–Trinajstić information content (AvgIpc) is 3.05. The maximum absolute atomic E-state index is 13.9. The van der Waals surface area contributed by atoms with E-state index in [1.807, 2.05) is 48.5 Å². The Hall–Kier alpha value is -2.63. The number of aliphatic hydroxyl groups excluding tert-OH is 2. The number of para-hydroxylation sites is 1. The third kappa shape index (κ3) is 12.2. The predicted molar refractivity (Wildman–Crippen MR) is 186 cm³/mol. The molecule has 0 saturated heterocycles. The van der Waals surface area contributed by atoms with E-state index in [9.17, 15) is 19.8 Å². The Morgan fingerprint density at radius 1 is 1.00 bits per heavy atom. The van der Waals surface area contributed by atoms with Gasteiger partial charge < -0.3 is 29.9 Å². The van der Waals surface area contributed by atoms with Gasteiger partial charge in [0.1, 0.15) is 23.7 Å². The van der Waals surface area contributed by atoms with Gasteiger partial charge in [0.15, 0.2) is 0 Å². The number of nitrogens with one attached hydrogen (secondary N) is 1. The summed E-state index contributed by atoms with van der Waals surface area (Å²) in [5.41, 5.74) is 1.44. The molecule has 9 heteroatoms. The number of carbonyl (C=O) groups is 2. The number of nitrogens with zero attached hydrogens (tertiary/aromatic N) is 1. The molecule has 3 N–H and O–H groups in total. The van der Waals surface area contributed by atoms with E-state index in [0.717, 1.165) is 34.1 Å². The number of hydrogen-bond acceptors (Lipinski definition) is 6. The number of amides is 2. The summed E-state index contributed by atoms with van der Waals surface area (Å²) >= 11 is 2.18. The number of methoxy groups -OCH3 is 1. The zero-order valence-corrected chi connectivity index (χ0v) is 29.0. The van der Waals surface area contributed by atoms with Crippen LogP contribution in [0.3, 0.4) is 0 Å². The van der Waals surface area contributed by atoms with Crippen LogP contribution in [0.1, 0.15) is 83.1 Å². The molecule has 0 aromatic heterocycles. The van der Waals surface area contributed by atoms with Crippen molar-refractivity contribution in [2.45, 2.75) is 102 Å². The SMILES string of the molecule is CCCCCCCCCCCC(=O)N(CCc1cccc(OC)c1)C1CC(C(=O)NCCO)=CC(Oc2ccccc2I)C1O. The van der Waals surface area contributed by atoms with Gasteiger partial charge in [0.2, 0.25) is 11.8 Å². The Morgan fingerprint density at radius 2 is 1.71 bits per heavy atom. The average molecular weight is 735 g/mol. The summed E-state index contributed by atoms with van der Waals surface area (Å²) in [7, 11) is 1.63. The van der Waals surface area contributed by atoms with Crippen molar-refractivity contribution in [3.8, 4) is 11.5 Å². The first-order chi connectivity index (χ1) is 21.9. The first kappa shape index (κ1) is 36.8. The van der Waals surface area contributed by atoms with Crippen LogP contribution in [0.2, 0.25) is 0 Å². The van der Waals surface area contributed by atoms with Gasteiger partial charge in [0.25, 0.3) is 0 Å². The molecule has 2 amide bonds. The maximum atomic E-state index is 13.9. The Morgan fingerprint density at radius 3 is 2.40 bits per heavy atom. The van der Waals surface area contributed by atoms with E-state index in [2.05, 4.69) is 34.8 Å². The zero-order chi connectivity index (χ0) is 32.4. The van der Waals surface area contributed by atoms with Crippen molar-refractivity contribution in [3.63, 3.8) is 0 Å². The molecule has 0 heterocycles. The molecule has 45 heavy (non-hydrogen) atoms. The second kappa shape index (κ2) is 20.5. The molecule has 1 aliphatic carbocycles. The summed E-state index contributed by atoms with van der Waals surface area (Å²) in [6, 6.07) is 14.6. The molecule has 8 nitrogen and oxygen atoms in total. The maximum Gasteiger partial charge on any atom is 0.247 e. The van der Waals surface area contributed by atoms with Crippen molar-refractivity contribution < 1.29 is 29.3 Å². The van der Waals surface area contributed by atoms with E-state index < -0.39 is 18.2 Å². The largest absolute Gasteiger partial charge is 0.497 e. The molecule has 3 atom stereocenters. The number of hydrogen-bond donors (Lipinski definition) is 3. The Kier molecular flexibility index (Phi) is 16.8. The van der Waals surface area contributed by atoms with E-state index in [0.29, 0.717) is 30.7 Å². The molecule has 3 unspecified atom stereocenters. The van der Waals surface area contributed by atoms with Gasteiger partial charge in [-0.05, 0) is 71.3 Å². The number of aliphatic hydroxyl groups is 2. The smallest absolute Gasteiger partial charge is 0.247 e. The van der Waals surface area contributed by atoms with Crippen molar-refractivity contribution in [1.29, 1.82) is 0 Å². The summed E-state index contributed by atoms with van der Waals surface area (Å²) in [4.78, 5) is 28.8. The van der Waals surface area contributed by atoms with Crippen molar-refractivity contribution in [3.05, 3.63) is 69.3 Å². The summed E-state index contributed by atoms with van der Waals surface area (Å²) in [5.74, 6) is 0.971. The van der Waals surface area contributed by atoms with Crippen LogP contribution in [-0.2, 0) is 16.0 Å². The Labute approximate surface area is 282 Å².